The van der Waals surface area contributed by atoms with Crippen molar-refractivity contribution in [3.63, 3.8) is 0 Å². The van der Waals surface area contributed by atoms with Gasteiger partial charge in [-0.15, -0.1) is 0 Å². The number of benzene rings is 1. The lowest BCUT2D eigenvalue weighted by molar-refractivity contribution is 0.261. The Bertz CT molecular complexity index is 485. The highest BCUT2D eigenvalue weighted by Crippen LogP contribution is 2.34. The minimum absolute atomic E-state index is 0.600. The van der Waals surface area contributed by atoms with Gasteiger partial charge in [0.25, 0.3) is 0 Å². The van der Waals surface area contributed by atoms with E-state index in [1.807, 2.05) is 6.07 Å². The SMILES string of the molecule is CN(C)CCOc1cccc(NC2CCCC2C2CCCN2)c1. The van der Waals surface area contributed by atoms with Crippen LogP contribution in [0.3, 0.4) is 0 Å². The van der Waals surface area contributed by atoms with E-state index in [9.17, 15) is 0 Å². The highest BCUT2D eigenvalue weighted by Gasteiger charge is 2.34. The van der Waals surface area contributed by atoms with Gasteiger partial charge in [0.1, 0.15) is 12.4 Å². The summed E-state index contributed by atoms with van der Waals surface area (Å²) in [5, 5.41) is 7.47. The first kappa shape index (κ1) is 16.6. The van der Waals surface area contributed by atoms with Gasteiger partial charge >= 0.3 is 0 Å². The molecule has 0 amide bonds. The van der Waals surface area contributed by atoms with E-state index < -0.39 is 0 Å². The summed E-state index contributed by atoms with van der Waals surface area (Å²) in [7, 11) is 4.14. The second-order valence-electron chi connectivity index (χ2n) is 7.23. The molecule has 3 unspecified atom stereocenters. The number of rotatable bonds is 7. The van der Waals surface area contributed by atoms with Crippen molar-refractivity contribution in [2.75, 3.05) is 39.1 Å². The van der Waals surface area contributed by atoms with Crippen LogP contribution in [0.4, 0.5) is 5.69 Å². The van der Waals surface area contributed by atoms with E-state index in [1.54, 1.807) is 0 Å². The van der Waals surface area contributed by atoms with Crippen LogP contribution < -0.4 is 15.4 Å². The first-order chi connectivity index (χ1) is 11.2. The molecule has 1 saturated heterocycles. The van der Waals surface area contributed by atoms with Crippen molar-refractivity contribution in [1.29, 1.82) is 0 Å². The summed E-state index contributed by atoms with van der Waals surface area (Å²) in [4.78, 5) is 2.14. The van der Waals surface area contributed by atoms with Gasteiger partial charge in [0.2, 0.25) is 0 Å². The average molecular weight is 317 g/mol. The quantitative estimate of drug-likeness (QED) is 0.811. The predicted octanol–water partition coefficient (Wildman–Crippen LogP) is 2.96. The van der Waals surface area contributed by atoms with Crippen LogP contribution in [-0.4, -0.2) is 50.8 Å². The van der Waals surface area contributed by atoms with Gasteiger partial charge in [-0.1, -0.05) is 12.5 Å². The fourth-order valence-corrected chi connectivity index (χ4v) is 3.96. The maximum absolute atomic E-state index is 5.85. The summed E-state index contributed by atoms with van der Waals surface area (Å²) in [6, 6.07) is 9.76. The fraction of sp³-hybridized carbons (Fsp3) is 0.684. The van der Waals surface area contributed by atoms with Gasteiger partial charge in [-0.2, -0.15) is 0 Å². The molecule has 1 aromatic carbocycles. The Labute approximate surface area is 140 Å². The van der Waals surface area contributed by atoms with Gasteiger partial charge in [0.15, 0.2) is 0 Å². The van der Waals surface area contributed by atoms with Crippen LogP contribution in [0.25, 0.3) is 0 Å². The van der Waals surface area contributed by atoms with Gasteiger partial charge in [-0.05, 0) is 64.4 Å². The Kier molecular flexibility index (Phi) is 5.79. The molecule has 4 heteroatoms. The van der Waals surface area contributed by atoms with Crippen LogP contribution in [0.2, 0.25) is 0 Å². The molecule has 23 heavy (non-hydrogen) atoms. The number of ether oxygens (including phenoxy) is 1. The van der Waals surface area contributed by atoms with Crippen LogP contribution in [0.15, 0.2) is 24.3 Å². The molecule has 0 aromatic heterocycles. The van der Waals surface area contributed by atoms with Gasteiger partial charge < -0.3 is 20.3 Å². The molecule has 0 bridgehead atoms. The predicted molar refractivity (Wildman–Crippen MR) is 96.3 cm³/mol. The molecule has 128 valence electrons. The van der Waals surface area contributed by atoms with E-state index in [1.165, 1.54) is 44.3 Å². The van der Waals surface area contributed by atoms with E-state index in [-0.39, 0.29) is 0 Å². The Morgan fingerprint density at radius 3 is 2.91 bits per heavy atom. The van der Waals surface area contributed by atoms with E-state index in [2.05, 4.69) is 47.8 Å². The first-order valence-corrected chi connectivity index (χ1v) is 9.10. The molecule has 1 heterocycles. The van der Waals surface area contributed by atoms with Gasteiger partial charge in [0.05, 0.1) is 0 Å². The molecule has 1 aliphatic heterocycles. The Hall–Kier alpha value is -1.26. The van der Waals surface area contributed by atoms with E-state index in [4.69, 9.17) is 4.74 Å². The number of hydrogen-bond donors (Lipinski definition) is 2. The monoisotopic (exact) mass is 317 g/mol. The molecular weight excluding hydrogens is 286 g/mol. The highest BCUT2D eigenvalue weighted by molar-refractivity contribution is 5.49. The summed E-state index contributed by atoms with van der Waals surface area (Å²) < 4.78 is 5.85. The molecule has 0 spiro atoms. The minimum atomic E-state index is 0.600. The van der Waals surface area contributed by atoms with Crippen molar-refractivity contribution >= 4 is 5.69 Å². The average Bonchev–Trinajstić information content (AvgIpc) is 3.18. The van der Waals surface area contributed by atoms with Crippen LogP contribution >= 0.6 is 0 Å². The molecule has 2 N–H and O–H groups in total. The van der Waals surface area contributed by atoms with E-state index in [0.717, 1.165) is 30.9 Å². The van der Waals surface area contributed by atoms with Crippen molar-refractivity contribution in [2.24, 2.45) is 5.92 Å². The van der Waals surface area contributed by atoms with Gasteiger partial charge in [-0.25, -0.2) is 0 Å². The van der Waals surface area contributed by atoms with Crippen molar-refractivity contribution in [2.45, 2.75) is 44.2 Å². The number of likely N-dealkylation sites (N-methyl/N-ethyl adjacent to an activating group) is 1. The zero-order valence-electron chi connectivity index (χ0n) is 14.6. The lowest BCUT2D eigenvalue weighted by atomic mass is 9.93. The zero-order chi connectivity index (χ0) is 16.1. The summed E-state index contributed by atoms with van der Waals surface area (Å²) in [6.45, 7) is 2.87. The molecule has 1 saturated carbocycles. The topological polar surface area (TPSA) is 36.5 Å². The number of anilines is 1. The number of nitrogens with one attached hydrogen (secondary N) is 2. The third kappa shape index (κ3) is 4.61. The molecule has 1 aromatic rings. The summed E-state index contributed by atoms with van der Waals surface area (Å²) >= 11 is 0. The largest absolute Gasteiger partial charge is 0.492 e. The normalized spacial score (nSPS) is 27.5. The summed E-state index contributed by atoms with van der Waals surface area (Å²) in [5.74, 6) is 1.74. The molecule has 2 fully saturated rings. The van der Waals surface area contributed by atoms with E-state index in [0.29, 0.717) is 6.04 Å². The molecule has 4 nitrogen and oxygen atoms in total. The van der Waals surface area contributed by atoms with Crippen LogP contribution in [-0.2, 0) is 0 Å². The number of nitrogens with zero attached hydrogens (tertiary/aromatic N) is 1. The smallest absolute Gasteiger partial charge is 0.121 e. The molecule has 1 aliphatic carbocycles. The van der Waals surface area contributed by atoms with Crippen molar-refractivity contribution in [3.05, 3.63) is 24.3 Å². The maximum atomic E-state index is 5.85. The first-order valence-electron chi connectivity index (χ1n) is 9.10. The standard InChI is InChI=1S/C19H31N3O/c1-22(2)12-13-23-16-7-3-6-15(14-16)21-19-9-4-8-17(19)18-10-5-11-20-18/h3,6-7,14,17-21H,4-5,8-13H2,1-2H3. The Morgan fingerprint density at radius 1 is 1.22 bits per heavy atom. The summed E-state index contributed by atoms with van der Waals surface area (Å²) in [6.07, 6.45) is 6.67. The maximum Gasteiger partial charge on any atom is 0.121 e. The third-order valence-corrected chi connectivity index (χ3v) is 5.18. The molecule has 2 aliphatic rings. The van der Waals surface area contributed by atoms with E-state index >= 15 is 0 Å². The Morgan fingerprint density at radius 2 is 2.13 bits per heavy atom. The van der Waals surface area contributed by atoms with Crippen molar-refractivity contribution in [3.8, 4) is 5.75 Å². The second-order valence-corrected chi connectivity index (χ2v) is 7.23. The minimum Gasteiger partial charge on any atom is -0.492 e. The molecule has 3 atom stereocenters. The summed E-state index contributed by atoms with van der Waals surface area (Å²) in [5.41, 5.74) is 1.20. The van der Waals surface area contributed by atoms with Gasteiger partial charge in [0, 0.05) is 30.4 Å². The van der Waals surface area contributed by atoms with Gasteiger partial charge in [-0.3, -0.25) is 0 Å². The fourth-order valence-electron chi connectivity index (χ4n) is 3.96. The highest BCUT2D eigenvalue weighted by atomic mass is 16.5. The van der Waals surface area contributed by atoms with Crippen molar-refractivity contribution < 1.29 is 4.74 Å². The number of hydrogen-bond acceptors (Lipinski definition) is 4. The lowest BCUT2D eigenvalue weighted by Crippen LogP contribution is -2.38. The van der Waals surface area contributed by atoms with Crippen LogP contribution in [0, 0.1) is 5.92 Å². The molecule has 3 rings (SSSR count). The molecular formula is C19H31N3O. The van der Waals surface area contributed by atoms with Crippen LogP contribution in [0.1, 0.15) is 32.1 Å². The Balaban J connectivity index is 1.56. The third-order valence-electron chi connectivity index (χ3n) is 5.18. The van der Waals surface area contributed by atoms with Crippen molar-refractivity contribution in [1.82, 2.24) is 10.2 Å². The zero-order valence-corrected chi connectivity index (χ0v) is 14.6. The lowest BCUT2D eigenvalue weighted by Gasteiger charge is -2.27. The van der Waals surface area contributed by atoms with Crippen LogP contribution in [0.5, 0.6) is 5.75 Å². The second kappa shape index (κ2) is 8.02. The molecule has 0 radical (unpaired) electrons.